The van der Waals surface area contributed by atoms with Crippen molar-refractivity contribution >= 4 is 58.2 Å². The highest BCUT2D eigenvalue weighted by molar-refractivity contribution is 6.33. The number of halogens is 4. The molecule has 0 bridgehead atoms. The lowest BCUT2D eigenvalue weighted by atomic mass is 9.87. The van der Waals surface area contributed by atoms with Gasteiger partial charge in [0.15, 0.2) is 6.10 Å². The highest BCUT2D eigenvalue weighted by atomic mass is 35.5. The highest BCUT2D eigenvalue weighted by Crippen LogP contribution is 2.38. The van der Waals surface area contributed by atoms with Crippen LogP contribution in [0.4, 0.5) is 40.7 Å². The van der Waals surface area contributed by atoms with Gasteiger partial charge in [-0.1, -0.05) is 23.7 Å². The number of hydrogen-bond acceptors (Lipinski definition) is 9. The molecule has 3 aromatic carbocycles. The van der Waals surface area contributed by atoms with Crippen LogP contribution in [0.15, 0.2) is 60.7 Å². The summed E-state index contributed by atoms with van der Waals surface area (Å²) in [5, 5.41) is 5.89. The van der Waals surface area contributed by atoms with E-state index >= 15 is 0 Å². The zero-order valence-electron chi connectivity index (χ0n) is 29.0. The lowest BCUT2D eigenvalue weighted by molar-refractivity contribution is -0.141. The smallest absolute Gasteiger partial charge is 0.418 e. The molecule has 4 N–H and O–H groups in total. The van der Waals surface area contributed by atoms with E-state index in [1.165, 1.54) is 15.9 Å². The van der Waals surface area contributed by atoms with Crippen LogP contribution in [0.5, 0.6) is 0 Å². The monoisotopic (exact) mass is 756 g/mol. The minimum absolute atomic E-state index is 0.0244. The number of piperidine rings is 1. The van der Waals surface area contributed by atoms with E-state index in [0.717, 1.165) is 17.4 Å². The van der Waals surface area contributed by atoms with Gasteiger partial charge in [-0.3, -0.25) is 9.59 Å². The Hall–Kier alpha value is -5.18. The molecule has 3 amide bonds. The summed E-state index contributed by atoms with van der Waals surface area (Å²) in [5.74, 6) is -1.23. The van der Waals surface area contributed by atoms with E-state index in [2.05, 4.69) is 10.6 Å². The van der Waals surface area contributed by atoms with Crippen LogP contribution >= 0.6 is 11.6 Å². The van der Waals surface area contributed by atoms with Gasteiger partial charge < -0.3 is 40.5 Å². The number of carbonyl (C=O) groups is 4. The maximum Gasteiger partial charge on any atom is 0.418 e. The molecule has 3 aliphatic rings. The van der Waals surface area contributed by atoms with Crippen LogP contribution in [0.3, 0.4) is 0 Å². The van der Waals surface area contributed by atoms with Gasteiger partial charge in [-0.2, -0.15) is 13.2 Å². The third-order valence-electron chi connectivity index (χ3n) is 9.82. The zero-order chi connectivity index (χ0) is 37.9. The van der Waals surface area contributed by atoms with E-state index in [1.54, 1.807) is 31.2 Å². The molecule has 0 aromatic heterocycles. The molecule has 0 spiro atoms. The van der Waals surface area contributed by atoms with Crippen molar-refractivity contribution in [2.24, 2.45) is 5.92 Å². The number of piperazine rings is 1. The predicted molar refractivity (Wildman–Crippen MR) is 193 cm³/mol. The number of ether oxygens (including phenoxy) is 2. The summed E-state index contributed by atoms with van der Waals surface area (Å²) in [6.07, 6.45) is -6.46. The molecule has 1 unspecified atom stereocenters. The quantitative estimate of drug-likeness (QED) is 0.196. The van der Waals surface area contributed by atoms with Crippen LogP contribution in [0.25, 0.3) is 0 Å². The largest absolute Gasteiger partial charge is 0.462 e. The Kier molecular flexibility index (Phi) is 11.2. The van der Waals surface area contributed by atoms with E-state index in [0.29, 0.717) is 37.2 Å². The zero-order valence-corrected chi connectivity index (χ0v) is 29.7. The number of hydrogen-bond donors (Lipinski definition) is 3. The van der Waals surface area contributed by atoms with Crippen LogP contribution in [0, 0.1) is 5.92 Å². The van der Waals surface area contributed by atoms with E-state index in [-0.39, 0.29) is 61.6 Å². The van der Waals surface area contributed by atoms with Gasteiger partial charge in [0.25, 0.3) is 5.91 Å². The third kappa shape index (κ3) is 8.56. The van der Waals surface area contributed by atoms with Crippen molar-refractivity contribution in [2.45, 2.75) is 44.5 Å². The Morgan fingerprint density at radius 1 is 0.943 bits per heavy atom. The Morgan fingerprint density at radius 3 is 2.25 bits per heavy atom. The number of carbonyl (C=O) groups excluding carboxylic acids is 4. The lowest BCUT2D eigenvalue weighted by Gasteiger charge is -2.39. The molecule has 0 saturated carbocycles. The molecule has 6 rings (SSSR count). The summed E-state index contributed by atoms with van der Waals surface area (Å²) >= 11 is 6.10. The molecule has 53 heavy (non-hydrogen) atoms. The number of anilines is 4. The van der Waals surface area contributed by atoms with Crippen LogP contribution < -0.4 is 21.3 Å². The van der Waals surface area contributed by atoms with Crippen molar-refractivity contribution < 1.29 is 41.8 Å². The first-order chi connectivity index (χ1) is 25.3. The SMILES string of the molecule is CCOC(=O)c1ccc(N2CCN(C(=O)[C@@H](Cc3cc(Cl)c(N)c(C(F)(F)F)c3)OC(=O)N3CCC(C4Nc5ccccc5NC4=O)CC3)CC2)cc1. The van der Waals surface area contributed by atoms with Crippen LogP contribution in [-0.2, 0) is 31.7 Å². The van der Waals surface area contributed by atoms with Crippen LogP contribution in [0.2, 0.25) is 5.02 Å². The molecule has 282 valence electrons. The number of alkyl halides is 3. The van der Waals surface area contributed by atoms with Crippen molar-refractivity contribution in [3.63, 3.8) is 0 Å². The number of nitrogens with one attached hydrogen (secondary N) is 2. The van der Waals surface area contributed by atoms with Gasteiger partial charge in [-0.25, -0.2) is 9.59 Å². The van der Waals surface area contributed by atoms with E-state index in [1.807, 2.05) is 29.2 Å². The molecule has 12 nitrogen and oxygen atoms in total. The molecular formula is C37H40ClF3N6O6. The molecule has 3 heterocycles. The predicted octanol–water partition coefficient (Wildman–Crippen LogP) is 5.66. The Morgan fingerprint density at radius 2 is 1.60 bits per heavy atom. The summed E-state index contributed by atoms with van der Waals surface area (Å²) in [5.41, 5.74) is 6.63. The number of rotatable bonds is 8. The average molecular weight is 757 g/mol. The second-order valence-corrected chi connectivity index (χ2v) is 13.6. The van der Waals surface area contributed by atoms with Gasteiger partial charge in [-0.15, -0.1) is 0 Å². The van der Waals surface area contributed by atoms with Crippen molar-refractivity contribution in [2.75, 3.05) is 67.1 Å². The fourth-order valence-electron chi connectivity index (χ4n) is 6.94. The van der Waals surface area contributed by atoms with E-state index in [4.69, 9.17) is 26.8 Å². The summed E-state index contributed by atoms with van der Waals surface area (Å²) in [4.78, 5) is 57.5. The number of nitrogen functional groups attached to an aromatic ring is 1. The van der Waals surface area contributed by atoms with Crippen molar-refractivity contribution in [3.8, 4) is 0 Å². The second kappa shape index (κ2) is 15.8. The van der Waals surface area contributed by atoms with Crippen molar-refractivity contribution in [3.05, 3.63) is 82.4 Å². The van der Waals surface area contributed by atoms with Gasteiger partial charge in [-0.05, 0) is 79.8 Å². The Labute approximate surface area is 309 Å². The fraction of sp³-hybridized carbons (Fsp3) is 0.405. The van der Waals surface area contributed by atoms with Crippen molar-refractivity contribution in [1.29, 1.82) is 0 Å². The van der Waals surface area contributed by atoms with E-state index < -0.39 is 47.5 Å². The van der Waals surface area contributed by atoms with Gasteiger partial charge in [0, 0.05) is 51.4 Å². The van der Waals surface area contributed by atoms with Crippen LogP contribution in [0.1, 0.15) is 41.3 Å². The van der Waals surface area contributed by atoms with E-state index in [9.17, 15) is 32.3 Å². The molecule has 3 aromatic rings. The third-order valence-corrected chi connectivity index (χ3v) is 10.1. The molecule has 16 heteroatoms. The summed E-state index contributed by atoms with van der Waals surface area (Å²) in [6, 6.07) is 15.8. The lowest BCUT2D eigenvalue weighted by Crippen LogP contribution is -2.53. The summed E-state index contributed by atoms with van der Waals surface area (Å²) in [6.45, 7) is 3.79. The molecule has 0 aliphatic carbocycles. The first-order valence-electron chi connectivity index (χ1n) is 17.4. The number of fused-ring (bicyclic) bond motifs is 1. The number of nitrogens with two attached hydrogens (primary N) is 1. The second-order valence-electron chi connectivity index (χ2n) is 13.2. The average Bonchev–Trinajstić information content (AvgIpc) is 3.15. The topological polar surface area (TPSA) is 147 Å². The minimum Gasteiger partial charge on any atom is -0.462 e. The first kappa shape index (κ1) is 37.6. The maximum absolute atomic E-state index is 14.0. The van der Waals surface area contributed by atoms with Gasteiger partial charge in [0.2, 0.25) is 5.91 Å². The molecule has 0 radical (unpaired) electrons. The van der Waals surface area contributed by atoms with Gasteiger partial charge in [0.1, 0.15) is 6.04 Å². The molecule has 2 saturated heterocycles. The maximum atomic E-state index is 14.0. The molecule has 2 fully saturated rings. The number of esters is 1. The number of para-hydroxylation sites is 2. The highest BCUT2D eigenvalue weighted by Gasteiger charge is 2.39. The summed E-state index contributed by atoms with van der Waals surface area (Å²) < 4.78 is 52.3. The first-order valence-corrected chi connectivity index (χ1v) is 17.8. The molecular weight excluding hydrogens is 717 g/mol. The number of nitrogens with zero attached hydrogens (tertiary/aromatic N) is 3. The molecule has 3 aliphatic heterocycles. The standard InChI is InChI=1S/C37H40ClF3N6O6/c1-2-52-35(50)24-7-9-25(10-8-24)45-15-17-46(18-16-45)34(49)30(21-22-19-26(37(39,40)41)31(42)27(38)20-22)53-36(51)47-13-11-23(12-14-47)32-33(48)44-29-6-4-3-5-28(29)43-32/h3-10,19-20,23,30,32,43H,2,11-18,21,42H2,1H3,(H,44,48)/t30-,32?/m1/s1. The fourth-order valence-corrected chi connectivity index (χ4v) is 7.18. The number of amides is 3. The van der Waals surface area contributed by atoms with Crippen molar-refractivity contribution in [1.82, 2.24) is 9.80 Å². The Balaban J connectivity index is 1.13. The summed E-state index contributed by atoms with van der Waals surface area (Å²) in [7, 11) is 0. The van der Waals surface area contributed by atoms with Gasteiger partial charge in [0.05, 0.1) is 39.8 Å². The van der Waals surface area contributed by atoms with Crippen LogP contribution in [-0.4, -0.2) is 91.7 Å². The normalized spacial score (nSPS) is 18.4. The Bertz CT molecular complexity index is 1850. The molecule has 2 atom stereocenters. The number of likely N-dealkylation sites (tertiary alicyclic amines) is 1. The minimum atomic E-state index is -4.80. The number of benzene rings is 3. The van der Waals surface area contributed by atoms with Gasteiger partial charge >= 0.3 is 18.2 Å².